The monoisotopic (exact) mass is 117 g/mol. The molecule has 1 N–H and O–H groups in total. The fourth-order valence-electron chi connectivity index (χ4n) is 0.549. The van der Waals surface area contributed by atoms with Crippen molar-refractivity contribution in [2.45, 2.75) is 12.4 Å². The summed E-state index contributed by atoms with van der Waals surface area (Å²) in [7, 11) is 0. The Kier molecular flexibility index (Phi) is 1.24. The van der Waals surface area contributed by atoms with Crippen LogP contribution in [0.2, 0.25) is 0 Å². The van der Waals surface area contributed by atoms with Crippen LogP contribution in [0.15, 0.2) is 12.3 Å². The van der Waals surface area contributed by atoms with Crippen molar-refractivity contribution in [1.82, 2.24) is 5.32 Å². The van der Waals surface area contributed by atoms with E-state index in [1.54, 1.807) is 0 Å². The highest BCUT2D eigenvalue weighted by atomic mass is 35.5. The van der Waals surface area contributed by atoms with Gasteiger partial charge in [0.25, 0.3) is 0 Å². The minimum atomic E-state index is 0.125. The van der Waals surface area contributed by atoms with Crippen LogP contribution in [0.1, 0.15) is 6.92 Å². The molecule has 1 aliphatic heterocycles. The van der Waals surface area contributed by atoms with E-state index in [-0.39, 0.29) is 5.50 Å². The van der Waals surface area contributed by atoms with Gasteiger partial charge in [0, 0.05) is 5.92 Å². The van der Waals surface area contributed by atoms with E-state index in [0.717, 1.165) is 0 Å². The summed E-state index contributed by atoms with van der Waals surface area (Å²) in [4.78, 5) is 0. The minimum Gasteiger partial charge on any atom is -0.375 e. The second-order valence-electron chi connectivity index (χ2n) is 1.79. The van der Waals surface area contributed by atoms with E-state index in [4.69, 9.17) is 11.6 Å². The van der Waals surface area contributed by atoms with Gasteiger partial charge in [-0.1, -0.05) is 24.6 Å². The third kappa shape index (κ3) is 0.885. The lowest BCUT2D eigenvalue weighted by molar-refractivity contribution is 0.663. The smallest absolute Gasteiger partial charge is 0.107 e. The lowest BCUT2D eigenvalue weighted by atomic mass is 10.2. The van der Waals surface area contributed by atoms with Crippen LogP contribution in [0.3, 0.4) is 0 Å². The molecule has 0 aromatic rings. The van der Waals surface area contributed by atoms with Crippen LogP contribution in [0.25, 0.3) is 0 Å². The average Bonchev–Trinajstić information content (AvgIpc) is 1.91. The molecule has 7 heavy (non-hydrogen) atoms. The van der Waals surface area contributed by atoms with Crippen LogP contribution in [0, 0.1) is 5.92 Å². The van der Waals surface area contributed by atoms with Crippen molar-refractivity contribution in [2.24, 2.45) is 5.92 Å². The molecular formula is C5H8ClN. The highest BCUT2D eigenvalue weighted by Crippen LogP contribution is 2.12. The molecule has 2 heteroatoms. The third-order valence-electron chi connectivity index (χ3n) is 1.12. The Hall–Kier alpha value is -0.170. The van der Waals surface area contributed by atoms with Crippen LogP contribution in [-0.2, 0) is 0 Å². The Labute approximate surface area is 48.4 Å². The number of alkyl halides is 1. The van der Waals surface area contributed by atoms with Gasteiger partial charge in [0.05, 0.1) is 0 Å². The maximum atomic E-state index is 5.69. The predicted molar refractivity (Wildman–Crippen MR) is 31.1 cm³/mol. The van der Waals surface area contributed by atoms with E-state index in [0.29, 0.717) is 5.92 Å². The van der Waals surface area contributed by atoms with Crippen molar-refractivity contribution in [3.63, 3.8) is 0 Å². The molecule has 0 saturated carbocycles. The number of halogens is 1. The summed E-state index contributed by atoms with van der Waals surface area (Å²) in [6.45, 7) is 2.08. The number of hydrogen-bond donors (Lipinski definition) is 1. The zero-order valence-corrected chi connectivity index (χ0v) is 4.94. The molecule has 0 radical (unpaired) electrons. The fraction of sp³-hybridized carbons (Fsp3) is 0.600. The molecule has 1 nitrogen and oxygen atoms in total. The molecular weight excluding hydrogens is 110 g/mol. The summed E-state index contributed by atoms with van der Waals surface area (Å²) in [5.41, 5.74) is 0.125. The van der Waals surface area contributed by atoms with Gasteiger partial charge in [0.2, 0.25) is 0 Å². The maximum absolute atomic E-state index is 5.69. The lowest BCUT2D eigenvalue weighted by Gasteiger charge is -2.04. The van der Waals surface area contributed by atoms with Crippen molar-refractivity contribution in [3.8, 4) is 0 Å². The fourth-order valence-corrected chi connectivity index (χ4v) is 0.705. The van der Waals surface area contributed by atoms with Crippen LogP contribution < -0.4 is 5.32 Å². The van der Waals surface area contributed by atoms with E-state index in [1.165, 1.54) is 0 Å². The molecule has 1 heterocycles. The van der Waals surface area contributed by atoms with Gasteiger partial charge in [-0.2, -0.15) is 0 Å². The van der Waals surface area contributed by atoms with Gasteiger partial charge in [-0.05, 0) is 6.20 Å². The van der Waals surface area contributed by atoms with Crippen molar-refractivity contribution < 1.29 is 0 Å². The first kappa shape index (κ1) is 4.98. The molecule has 0 fully saturated rings. The normalized spacial score (nSPS) is 38.6. The van der Waals surface area contributed by atoms with E-state index in [2.05, 4.69) is 18.3 Å². The minimum absolute atomic E-state index is 0.125. The Bertz CT molecular complexity index is 90.1. The summed E-state index contributed by atoms with van der Waals surface area (Å²) in [5, 5.41) is 2.95. The average molecular weight is 118 g/mol. The van der Waals surface area contributed by atoms with Gasteiger partial charge in [-0.3, -0.25) is 0 Å². The van der Waals surface area contributed by atoms with Gasteiger partial charge in [-0.25, -0.2) is 0 Å². The van der Waals surface area contributed by atoms with Gasteiger partial charge in [0.1, 0.15) is 5.50 Å². The third-order valence-corrected chi connectivity index (χ3v) is 1.64. The van der Waals surface area contributed by atoms with Gasteiger partial charge in [-0.15, -0.1) is 0 Å². The molecule has 0 bridgehead atoms. The molecule has 1 aliphatic rings. The maximum Gasteiger partial charge on any atom is 0.107 e. The zero-order valence-electron chi connectivity index (χ0n) is 4.19. The Morgan fingerprint density at radius 2 is 2.43 bits per heavy atom. The standard InChI is InChI=1S/C5H8ClN/c1-4-2-3-7-5(4)6/h2-5,7H,1H3/t4?,5-/m0/s1. The predicted octanol–water partition coefficient (Wildman–Crippen LogP) is 1.30. The second-order valence-corrected chi connectivity index (χ2v) is 2.26. The molecule has 40 valence electrons. The van der Waals surface area contributed by atoms with E-state index in [9.17, 15) is 0 Å². The first-order valence-electron chi connectivity index (χ1n) is 2.37. The van der Waals surface area contributed by atoms with E-state index < -0.39 is 0 Å². The molecule has 0 aromatic heterocycles. The van der Waals surface area contributed by atoms with Crippen LogP contribution in [0.5, 0.6) is 0 Å². The molecule has 2 atom stereocenters. The van der Waals surface area contributed by atoms with Crippen molar-refractivity contribution in [3.05, 3.63) is 12.3 Å². The molecule has 0 saturated heterocycles. The largest absolute Gasteiger partial charge is 0.375 e. The Morgan fingerprint density at radius 1 is 1.71 bits per heavy atom. The first-order valence-corrected chi connectivity index (χ1v) is 2.81. The zero-order chi connectivity index (χ0) is 5.28. The van der Waals surface area contributed by atoms with Crippen LogP contribution in [0.4, 0.5) is 0 Å². The molecule has 1 rings (SSSR count). The molecule has 1 unspecified atom stereocenters. The molecule has 0 aliphatic carbocycles. The number of hydrogen-bond acceptors (Lipinski definition) is 1. The first-order chi connectivity index (χ1) is 3.30. The van der Waals surface area contributed by atoms with Gasteiger partial charge in [0.15, 0.2) is 0 Å². The van der Waals surface area contributed by atoms with Gasteiger partial charge >= 0.3 is 0 Å². The second kappa shape index (κ2) is 1.74. The van der Waals surface area contributed by atoms with Crippen molar-refractivity contribution in [1.29, 1.82) is 0 Å². The van der Waals surface area contributed by atoms with Crippen molar-refractivity contribution >= 4 is 11.6 Å². The molecule has 0 amide bonds. The quantitative estimate of drug-likeness (QED) is 0.373. The Balaban J connectivity index is 2.45. The highest BCUT2D eigenvalue weighted by molar-refractivity contribution is 6.20. The topological polar surface area (TPSA) is 12.0 Å². The molecule has 0 aromatic carbocycles. The highest BCUT2D eigenvalue weighted by Gasteiger charge is 2.12. The van der Waals surface area contributed by atoms with Crippen LogP contribution in [-0.4, -0.2) is 5.50 Å². The van der Waals surface area contributed by atoms with Crippen LogP contribution >= 0.6 is 11.6 Å². The van der Waals surface area contributed by atoms with Crippen molar-refractivity contribution in [2.75, 3.05) is 0 Å². The number of rotatable bonds is 0. The summed E-state index contributed by atoms with van der Waals surface area (Å²) in [6.07, 6.45) is 3.94. The number of nitrogens with one attached hydrogen (secondary N) is 1. The van der Waals surface area contributed by atoms with E-state index >= 15 is 0 Å². The summed E-state index contributed by atoms with van der Waals surface area (Å²) in [5.74, 6) is 0.488. The SMILES string of the molecule is CC1C=CN[C@@H]1Cl. The van der Waals surface area contributed by atoms with E-state index in [1.807, 2.05) is 6.20 Å². The summed E-state index contributed by atoms with van der Waals surface area (Å²) < 4.78 is 0. The lowest BCUT2D eigenvalue weighted by Crippen LogP contribution is -2.16. The Morgan fingerprint density at radius 3 is 2.57 bits per heavy atom. The van der Waals surface area contributed by atoms with Gasteiger partial charge < -0.3 is 5.32 Å². The summed E-state index contributed by atoms with van der Waals surface area (Å²) >= 11 is 5.69. The molecule has 0 spiro atoms. The summed E-state index contributed by atoms with van der Waals surface area (Å²) in [6, 6.07) is 0.